The maximum Gasteiger partial charge on any atom is 0.472 e. The topological polar surface area (TPSA) is 172 Å². The van der Waals surface area contributed by atoms with E-state index in [9.17, 15) is 23.8 Å². The zero-order valence-electron chi connectivity index (χ0n) is 31.9. The van der Waals surface area contributed by atoms with Crippen LogP contribution in [0.5, 0.6) is 0 Å². The fourth-order valence-corrected chi connectivity index (χ4v) is 5.55. The van der Waals surface area contributed by atoms with Crippen LogP contribution >= 0.6 is 7.82 Å². The first-order chi connectivity index (χ1) is 25.1. The van der Waals surface area contributed by atoms with Crippen LogP contribution in [0.2, 0.25) is 0 Å². The van der Waals surface area contributed by atoms with Crippen LogP contribution in [0.4, 0.5) is 0 Å². The van der Waals surface area contributed by atoms with E-state index in [1.807, 2.05) is 36.5 Å². The smallest absolute Gasteiger partial charge is 0.472 e. The van der Waals surface area contributed by atoms with Gasteiger partial charge in [-0.15, -0.1) is 0 Å². The Kier molecular flexibility index (Phi) is 33.3. The molecule has 0 aromatic carbocycles. The highest BCUT2D eigenvalue weighted by Gasteiger charge is 2.28. The number of carboxylic acids is 1. The van der Waals surface area contributed by atoms with Crippen molar-refractivity contribution in [2.75, 3.05) is 19.8 Å². The highest BCUT2D eigenvalue weighted by molar-refractivity contribution is 7.47. The van der Waals surface area contributed by atoms with Gasteiger partial charge in [-0.3, -0.25) is 23.4 Å². The molecule has 1 unspecified atom stereocenters. The van der Waals surface area contributed by atoms with Gasteiger partial charge in [0.15, 0.2) is 6.10 Å². The van der Waals surface area contributed by atoms with Crippen LogP contribution in [-0.4, -0.2) is 59.9 Å². The molecule has 0 aliphatic carbocycles. The fourth-order valence-electron chi connectivity index (χ4n) is 4.77. The van der Waals surface area contributed by atoms with Gasteiger partial charge in [-0.2, -0.15) is 0 Å². The first kappa shape index (κ1) is 49.2. The van der Waals surface area contributed by atoms with E-state index < -0.39 is 51.1 Å². The summed E-state index contributed by atoms with van der Waals surface area (Å²) < 4.78 is 32.5. The van der Waals surface area contributed by atoms with E-state index in [1.54, 1.807) is 0 Å². The number of unbranched alkanes of at least 4 members (excludes halogenated alkanes) is 14. The molecule has 0 aromatic heterocycles. The predicted octanol–water partition coefficient (Wildman–Crippen LogP) is 9.61. The quantitative estimate of drug-likeness (QED) is 0.0185. The molecule has 11 nitrogen and oxygen atoms in total. The molecule has 0 amide bonds. The monoisotopic (exact) mass is 753 g/mol. The molecule has 0 radical (unpaired) electrons. The lowest BCUT2D eigenvalue weighted by molar-refractivity contribution is -0.161. The number of rotatable bonds is 35. The normalized spacial score (nSPS) is 14.5. The second-order valence-electron chi connectivity index (χ2n) is 12.8. The fraction of sp³-hybridized carbons (Fsp3) is 0.675. The van der Waals surface area contributed by atoms with E-state index in [0.717, 1.165) is 77.0 Å². The average molecular weight is 754 g/mol. The van der Waals surface area contributed by atoms with Gasteiger partial charge in [0.05, 0.1) is 13.2 Å². The molecule has 298 valence electrons. The summed E-state index contributed by atoms with van der Waals surface area (Å²) in [5.74, 6) is -2.43. The zero-order valence-corrected chi connectivity index (χ0v) is 32.8. The van der Waals surface area contributed by atoms with Gasteiger partial charge in [-0.25, -0.2) is 4.57 Å². The Morgan fingerprint density at radius 3 is 1.67 bits per heavy atom. The highest BCUT2D eigenvalue weighted by Crippen LogP contribution is 2.43. The third-order valence-electron chi connectivity index (χ3n) is 7.84. The van der Waals surface area contributed by atoms with Crippen molar-refractivity contribution in [3.05, 3.63) is 60.8 Å². The second kappa shape index (κ2) is 35.2. The summed E-state index contributed by atoms with van der Waals surface area (Å²) in [6.07, 6.45) is 38.6. The molecule has 0 aliphatic rings. The number of hydrogen-bond donors (Lipinski definition) is 3. The minimum Gasteiger partial charge on any atom is -0.480 e. The van der Waals surface area contributed by atoms with E-state index in [0.29, 0.717) is 12.8 Å². The molecule has 0 heterocycles. The Morgan fingerprint density at radius 2 is 1.10 bits per heavy atom. The van der Waals surface area contributed by atoms with Crippen LogP contribution in [0, 0.1) is 0 Å². The van der Waals surface area contributed by atoms with Crippen molar-refractivity contribution in [1.82, 2.24) is 0 Å². The van der Waals surface area contributed by atoms with Crippen molar-refractivity contribution in [3.63, 3.8) is 0 Å². The number of ether oxygens (including phenoxy) is 2. The van der Waals surface area contributed by atoms with Gasteiger partial charge in [-0.1, -0.05) is 132 Å². The van der Waals surface area contributed by atoms with Crippen LogP contribution in [0.3, 0.4) is 0 Å². The Hall–Kier alpha value is -2.82. The van der Waals surface area contributed by atoms with E-state index in [-0.39, 0.29) is 19.4 Å². The largest absolute Gasteiger partial charge is 0.480 e. The number of carbonyl (C=O) groups excluding carboxylic acids is 2. The van der Waals surface area contributed by atoms with E-state index in [2.05, 4.69) is 42.7 Å². The van der Waals surface area contributed by atoms with Gasteiger partial charge < -0.3 is 25.2 Å². The zero-order chi connectivity index (χ0) is 38.5. The molecule has 0 rings (SSSR count). The summed E-state index contributed by atoms with van der Waals surface area (Å²) in [4.78, 5) is 45.8. The third-order valence-corrected chi connectivity index (χ3v) is 8.79. The molecule has 0 aliphatic heterocycles. The maximum absolute atomic E-state index is 12.6. The molecule has 12 heteroatoms. The molecule has 0 bridgehead atoms. The lowest BCUT2D eigenvalue weighted by Crippen LogP contribution is -2.34. The summed E-state index contributed by atoms with van der Waals surface area (Å²) in [7, 11) is -4.72. The maximum atomic E-state index is 12.6. The lowest BCUT2D eigenvalue weighted by atomic mass is 10.1. The first-order valence-corrected chi connectivity index (χ1v) is 20.9. The summed E-state index contributed by atoms with van der Waals surface area (Å²) in [6, 6.07) is -1.53. The van der Waals surface area contributed by atoms with Gasteiger partial charge in [0.1, 0.15) is 12.6 Å². The van der Waals surface area contributed by atoms with Crippen molar-refractivity contribution in [3.8, 4) is 0 Å². The summed E-state index contributed by atoms with van der Waals surface area (Å²) in [5, 5.41) is 8.86. The summed E-state index contributed by atoms with van der Waals surface area (Å²) in [6.45, 7) is 2.58. The Labute approximate surface area is 313 Å². The number of esters is 2. The summed E-state index contributed by atoms with van der Waals surface area (Å²) in [5.41, 5.74) is 5.31. The molecular weight excluding hydrogens is 685 g/mol. The predicted molar refractivity (Wildman–Crippen MR) is 208 cm³/mol. The van der Waals surface area contributed by atoms with Crippen molar-refractivity contribution >= 4 is 25.7 Å². The van der Waals surface area contributed by atoms with Gasteiger partial charge in [0, 0.05) is 12.8 Å². The molecule has 52 heavy (non-hydrogen) atoms. The number of aliphatic carboxylic acids is 1. The average Bonchev–Trinajstić information content (AvgIpc) is 3.12. The van der Waals surface area contributed by atoms with Crippen molar-refractivity contribution < 1.29 is 47.5 Å². The number of carboxylic acid groups (broad SMARTS) is 1. The minimum atomic E-state index is -4.72. The van der Waals surface area contributed by atoms with E-state index in [1.165, 1.54) is 25.7 Å². The standard InChI is InChI=1S/C40H68NO10P/c1-3-5-7-9-11-13-15-17-18-20-22-24-26-28-30-32-39(43)51-36(34-49-52(46,47)50-35-37(41)40(44)45)33-48-38(42)31-29-27-25-23-21-19-16-14-12-10-8-6-4-2/h5,7,9,11,13-18,36-37H,3-4,6,8,10,12,19-35,41H2,1-2H3,(H,44,45)(H,46,47)/b7-5+,11-9+,15-13+,16-14+,18-17+/t36-,37+/m1/s1. The van der Waals surface area contributed by atoms with Crippen molar-refractivity contribution in [2.24, 2.45) is 5.73 Å². The minimum absolute atomic E-state index is 0.131. The molecule has 0 aromatic rings. The number of hydrogen-bond acceptors (Lipinski definition) is 9. The van der Waals surface area contributed by atoms with Crippen molar-refractivity contribution in [1.29, 1.82) is 0 Å². The van der Waals surface area contributed by atoms with Crippen LogP contribution in [0.25, 0.3) is 0 Å². The van der Waals surface area contributed by atoms with Crippen molar-refractivity contribution in [2.45, 2.75) is 154 Å². The number of allylic oxidation sites excluding steroid dienone is 10. The van der Waals surface area contributed by atoms with Gasteiger partial charge in [-0.05, 0) is 57.8 Å². The third kappa shape index (κ3) is 34.3. The van der Waals surface area contributed by atoms with Crippen LogP contribution in [0.15, 0.2) is 60.8 Å². The Morgan fingerprint density at radius 1 is 0.615 bits per heavy atom. The number of phosphoric ester groups is 1. The lowest BCUT2D eigenvalue weighted by Gasteiger charge is -2.20. The molecule has 0 saturated carbocycles. The summed E-state index contributed by atoms with van der Waals surface area (Å²) >= 11 is 0. The molecule has 3 atom stereocenters. The number of carbonyl (C=O) groups is 3. The first-order valence-electron chi connectivity index (χ1n) is 19.4. The molecule has 4 N–H and O–H groups in total. The SMILES string of the molecule is CC/C=C/C=C/C=C/C=C/CCCCCCCC(=O)O[C@H](COC(=O)CCCCCCC/C=C/CCCCCC)COP(=O)(O)OC[C@H](N)C(=O)O. The van der Waals surface area contributed by atoms with E-state index >= 15 is 0 Å². The Bertz CT molecular complexity index is 1120. The number of phosphoric acid groups is 1. The van der Waals surface area contributed by atoms with Crippen LogP contribution in [0.1, 0.15) is 142 Å². The van der Waals surface area contributed by atoms with E-state index in [4.69, 9.17) is 24.8 Å². The van der Waals surface area contributed by atoms with Crippen LogP contribution < -0.4 is 5.73 Å². The molecule has 0 saturated heterocycles. The Balaban J connectivity index is 4.51. The van der Waals surface area contributed by atoms with Gasteiger partial charge in [0.25, 0.3) is 0 Å². The highest BCUT2D eigenvalue weighted by atomic mass is 31.2. The number of nitrogens with two attached hydrogens (primary N) is 1. The van der Waals surface area contributed by atoms with Crippen LogP contribution in [-0.2, 0) is 37.5 Å². The molecule has 0 spiro atoms. The van der Waals surface area contributed by atoms with Gasteiger partial charge in [0.2, 0.25) is 0 Å². The molecular formula is C40H68NO10P. The van der Waals surface area contributed by atoms with Gasteiger partial charge >= 0.3 is 25.7 Å². The molecule has 0 fully saturated rings. The second-order valence-corrected chi connectivity index (χ2v) is 14.2.